The zero-order chi connectivity index (χ0) is 18.1. The fourth-order valence-electron chi connectivity index (χ4n) is 3.56. The first kappa shape index (κ1) is 16.3. The van der Waals surface area contributed by atoms with Gasteiger partial charge in [-0.3, -0.25) is 10.1 Å². The van der Waals surface area contributed by atoms with Crippen molar-refractivity contribution in [1.29, 1.82) is 0 Å². The van der Waals surface area contributed by atoms with Crippen LogP contribution in [0, 0.1) is 10.1 Å². The second kappa shape index (κ2) is 6.64. The Labute approximate surface area is 151 Å². The molecule has 0 bridgehead atoms. The van der Waals surface area contributed by atoms with Gasteiger partial charge in [0, 0.05) is 28.6 Å². The number of rotatable bonds is 5. The highest BCUT2D eigenvalue weighted by Crippen LogP contribution is 2.33. The molecular weight excluding hydrogens is 324 g/mol. The molecule has 0 unspecified atom stereocenters. The number of hydrogen-bond acceptors (Lipinski definition) is 2. The van der Waals surface area contributed by atoms with Crippen LogP contribution in [0.15, 0.2) is 66.7 Å². The van der Waals surface area contributed by atoms with Gasteiger partial charge < -0.3 is 4.57 Å². The Morgan fingerprint density at radius 3 is 2.38 bits per heavy atom. The van der Waals surface area contributed by atoms with Crippen LogP contribution in [0.3, 0.4) is 0 Å². The van der Waals surface area contributed by atoms with E-state index in [0.717, 1.165) is 23.1 Å². The van der Waals surface area contributed by atoms with Crippen molar-refractivity contribution < 1.29 is 4.92 Å². The molecule has 4 heteroatoms. The van der Waals surface area contributed by atoms with Gasteiger partial charge in [0.05, 0.1) is 16.0 Å². The number of benzene rings is 3. The van der Waals surface area contributed by atoms with E-state index >= 15 is 0 Å². The molecule has 0 atom stereocenters. The van der Waals surface area contributed by atoms with Crippen LogP contribution in [0.5, 0.6) is 0 Å². The molecule has 0 N–H and O–H groups in total. The Morgan fingerprint density at radius 2 is 1.65 bits per heavy atom. The van der Waals surface area contributed by atoms with E-state index in [1.165, 1.54) is 29.2 Å². The van der Waals surface area contributed by atoms with E-state index in [1.54, 1.807) is 12.1 Å². The molecule has 0 saturated heterocycles. The molecular formula is C22H20N2O2. The number of nitro groups is 1. The number of non-ortho nitro benzene ring substituents is 1. The van der Waals surface area contributed by atoms with E-state index < -0.39 is 0 Å². The average Bonchev–Trinajstić information content (AvgIpc) is 3.00. The molecule has 4 aromatic rings. The largest absolute Gasteiger partial charge is 0.309 e. The van der Waals surface area contributed by atoms with Crippen LogP contribution in [0.2, 0.25) is 0 Å². The summed E-state index contributed by atoms with van der Waals surface area (Å²) in [5.74, 6) is 0. The molecule has 0 aliphatic rings. The van der Waals surface area contributed by atoms with Crippen LogP contribution in [0.1, 0.15) is 25.3 Å². The normalized spacial score (nSPS) is 11.3. The minimum absolute atomic E-state index is 0.108. The maximum absolute atomic E-state index is 10.9. The predicted octanol–water partition coefficient (Wildman–Crippen LogP) is 6.03. The highest BCUT2D eigenvalue weighted by Gasteiger charge is 2.13. The average molecular weight is 344 g/mol. The Bertz CT molecular complexity index is 1090. The number of nitro benzene ring substituents is 1. The third-order valence-corrected chi connectivity index (χ3v) is 4.87. The maximum atomic E-state index is 10.9. The summed E-state index contributed by atoms with van der Waals surface area (Å²) in [7, 11) is 0. The lowest BCUT2D eigenvalue weighted by molar-refractivity contribution is -0.384. The molecule has 130 valence electrons. The van der Waals surface area contributed by atoms with Crippen molar-refractivity contribution in [1.82, 2.24) is 4.57 Å². The number of aromatic nitrogens is 1. The van der Waals surface area contributed by atoms with Gasteiger partial charge >= 0.3 is 0 Å². The van der Waals surface area contributed by atoms with Crippen molar-refractivity contribution in [3.05, 3.63) is 82.4 Å². The van der Waals surface area contributed by atoms with Gasteiger partial charge in [0.1, 0.15) is 0 Å². The van der Waals surface area contributed by atoms with Crippen molar-refractivity contribution in [2.75, 3.05) is 0 Å². The van der Waals surface area contributed by atoms with Crippen LogP contribution < -0.4 is 0 Å². The monoisotopic (exact) mass is 344 g/mol. The molecule has 1 heterocycles. The lowest BCUT2D eigenvalue weighted by atomic mass is 10.0. The van der Waals surface area contributed by atoms with Crippen LogP contribution in [-0.4, -0.2) is 9.49 Å². The second-order valence-corrected chi connectivity index (χ2v) is 6.58. The van der Waals surface area contributed by atoms with Gasteiger partial charge in [-0.1, -0.05) is 37.6 Å². The van der Waals surface area contributed by atoms with E-state index in [2.05, 4.69) is 47.9 Å². The van der Waals surface area contributed by atoms with Crippen molar-refractivity contribution in [2.24, 2.45) is 0 Å². The number of hydrogen-bond donors (Lipinski definition) is 0. The van der Waals surface area contributed by atoms with Crippen LogP contribution >= 0.6 is 0 Å². The van der Waals surface area contributed by atoms with Gasteiger partial charge in [-0.05, 0) is 48.7 Å². The van der Waals surface area contributed by atoms with Crippen LogP contribution in [0.25, 0.3) is 27.5 Å². The van der Waals surface area contributed by atoms with Gasteiger partial charge in [0.2, 0.25) is 0 Å². The minimum Gasteiger partial charge on any atom is -0.309 e. The summed E-state index contributed by atoms with van der Waals surface area (Å²) in [6.07, 6.45) is 3.46. The van der Waals surface area contributed by atoms with E-state index in [4.69, 9.17) is 0 Å². The Kier molecular flexibility index (Phi) is 4.17. The molecule has 1 aromatic heterocycles. The van der Waals surface area contributed by atoms with E-state index in [0.29, 0.717) is 0 Å². The van der Waals surface area contributed by atoms with Crippen LogP contribution in [-0.2, 0) is 6.42 Å². The fraction of sp³-hybridized carbons (Fsp3) is 0.182. The number of fused-ring (bicyclic) bond motifs is 3. The quantitative estimate of drug-likeness (QED) is 0.327. The molecule has 26 heavy (non-hydrogen) atoms. The number of nitrogens with zero attached hydrogens (tertiary/aromatic N) is 2. The molecule has 3 aromatic carbocycles. The predicted molar refractivity (Wildman–Crippen MR) is 106 cm³/mol. The Balaban J connectivity index is 1.93. The smallest absolute Gasteiger partial charge is 0.269 e. The Hall–Kier alpha value is -3.14. The lowest BCUT2D eigenvalue weighted by Gasteiger charge is -2.08. The Morgan fingerprint density at radius 1 is 0.923 bits per heavy atom. The topological polar surface area (TPSA) is 48.1 Å². The standard InChI is InChI=1S/C22H20N2O2/c1-2-3-6-16-9-14-22-20(15-16)19-7-4-5-8-21(19)23(22)17-10-12-18(13-11-17)24(25)26/h4-5,7-15H,2-3,6H2,1H3. The van der Waals surface area contributed by atoms with Crippen molar-refractivity contribution in [2.45, 2.75) is 26.2 Å². The molecule has 0 aliphatic heterocycles. The summed E-state index contributed by atoms with van der Waals surface area (Å²) in [6, 6.07) is 21.7. The van der Waals surface area contributed by atoms with Gasteiger partial charge in [-0.25, -0.2) is 0 Å². The number of aryl methyl sites for hydroxylation is 1. The van der Waals surface area contributed by atoms with Crippen molar-refractivity contribution in [3.63, 3.8) is 0 Å². The lowest BCUT2D eigenvalue weighted by Crippen LogP contribution is -1.95. The molecule has 0 amide bonds. The molecule has 4 nitrogen and oxygen atoms in total. The molecule has 0 fully saturated rings. The third kappa shape index (κ3) is 2.73. The van der Waals surface area contributed by atoms with Gasteiger partial charge in [-0.15, -0.1) is 0 Å². The minimum atomic E-state index is -0.365. The second-order valence-electron chi connectivity index (χ2n) is 6.58. The highest BCUT2D eigenvalue weighted by atomic mass is 16.6. The molecule has 0 radical (unpaired) electrons. The first-order valence-electron chi connectivity index (χ1n) is 8.96. The first-order valence-corrected chi connectivity index (χ1v) is 8.96. The van der Waals surface area contributed by atoms with Gasteiger partial charge in [0.25, 0.3) is 5.69 Å². The number of unbranched alkanes of at least 4 members (excludes halogenated alkanes) is 1. The summed E-state index contributed by atoms with van der Waals surface area (Å²) in [4.78, 5) is 10.6. The summed E-state index contributed by atoms with van der Waals surface area (Å²) in [6.45, 7) is 2.21. The van der Waals surface area contributed by atoms with E-state index in [-0.39, 0.29) is 10.6 Å². The number of para-hydroxylation sites is 1. The maximum Gasteiger partial charge on any atom is 0.269 e. The first-order chi connectivity index (χ1) is 12.7. The highest BCUT2D eigenvalue weighted by molar-refractivity contribution is 6.09. The van der Waals surface area contributed by atoms with E-state index in [9.17, 15) is 10.1 Å². The van der Waals surface area contributed by atoms with E-state index in [1.807, 2.05) is 18.2 Å². The van der Waals surface area contributed by atoms with Crippen molar-refractivity contribution in [3.8, 4) is 5.69 Å². The van der Waals surface area contributed by atoms with Gasteiger partial charge in [-0.2, -0.15) is 0 Å². The SMILES string of the molecule is CCCCc1ccc2c(c1)c1ccccc1n2-c1ccc([N+](=O)[O-])cc1. The molecule has 4 rings (SSSR count). The van der Waals surface area contributed by atoms with Crippen molar-refractivity contribution >= 4 is 27.5 Å². The van der Waals surface area contributed by atoms with Gasteiger partial charge in [0.15, 0.2) is 0 Å². The van der Waals surface area contributed by atoms with Crippen LogP contribution in [0.4, 0.5) is 5.69 Å². The zero-order valence-electron chi connectivity index (χ0n) is 14.7. The zero-order valence-corrected chi connectivity index (χ0v) is 14.7. The summed E-state index contributed by atoms with van der Waals surface area (Å²) < 4.78 is 2.18. The molecule has 0 saturated carbocycles. The fourth-order valence-corrected chi connectivity index (χ4v) is 3.56. The molecule has 0 aliphatic carbocycles. The molecule has 0 spiro atoms. The summed E-state index contributed by atoms with van der Waals surface area (Å²) in [5.41, 5.74) is 4.63. The summed E-state index contributed by atoms with van der Waals surface area (Å²) >= 11 is 0. The summed E-state index contributed by atoms with van der Waals surface area (Å²) in [5, 5.41) is 13.4. The third-order valence-electron chi connectivity index (χ3n) is 4.87.